The quantitative estimate of drug-likeness (QED) is 0.597. The van der Waals surface area contributed by atoms with Crippen molar-refractivity contribution in [2.75, 3.05) is 18.5 Å². The standard InChI is InChI=1S/C11H20BrNO2/c1-11(6-4-8-15-11)9-13-10(14)5-2-3-7-12/h2-9H2,1H3,(H,13,14). The number of hydrogen-bond acceptors (Lipinski definition) is 2. The van der Waals surface area contributed by atoms with Gasteiger partial charge in [0.15, 0.2) is 0 Å². The number of unbranched alkanes of at least 4 members (excludes halogenated alkanes) is 1. The Morgan fingerprint density at radius 2 is 2.33 bits per heavy atom. The van der Waals surface area contributed by atoms with Gasteiger partial charge in [0.25, 0.3) is 0 Å². The van der Waals surface area contributed by atoms with Crippen molar-refractivity contribution in [3.05, 3.63) is 0 Å². The van der Waals surface area contributed by atoms with Crippen LogP contribution >= 0.6 is 15.9 Å². The van der Waals surface area contributed by atoms with E-state index < -0.39 is 0 Å². The zero-order chi connectivity index (χ0) is 11.1. The highest BCUT2D eigenvalue weighted by atomic mass is 79.9. The summed E-state index contributed by atoms with van der Waals surface area (Å²) in [5.74, 6) is 0.146. The highest BCUT2D eigenvalue weighted by Gasteiger charge is 2.29. The van der Waals surface area contributed by atoms with Crippen LogP contribution in [0.25, 0.3) is 0 Å². The molecule has 1 unspecified atom stereocenters. The zero-order valence-electron chi connectivity index (χ0n) is 9.35. The molecule has 1 saturated heterocycles. The summed E-state index contributed by atoms with van der Waals surface area (Å²) in [5, 5.41) is 3.92. The summed E-state index contributed by atoms with van der Waals surface area (Å²) in [4.78, 5) is 11.4. The minimum atomic E-state index is -0.120. The molecule has 0 bridgehead atoms. The second kappa shape index (κ2) is 6.48. The van der Waals surface area contributed by atoms with E-state index in [-0.39, 0.29) is 11.5 Å². The van der Waals surface area contributed by atoms with Gasteiger partial charge in [-0.3, -0.25) is 4.79 Å². The fourth-order valence-electron chi connectivity index (χ4n) is 1.73. The van der Waals surface area contributed by atoms with E-state index in [1.54, 1.807) is 0 Å². The molecule has 3 nitrogen and oxygen atoms in total. The van der Waals surface area contributed by atoms with Gasteiger partial charge >= 0.3 is 0 Å². The fourth-order valence-corrected chi connectivity index (χ4v) is 2.13. The van der Waals surface area contributed by atoms with Gasteiger partial charge in [0, 0.05) is 24.9 Å². The van der Waals surface area contributed by atoms with Gasteiger partial charge in [0.2, 0.25) is 5.91 Å². The van der Waals surface area contributed by atoms with Crippen molar-refractivity contribution in [2.24, 2.45) is 0 Å². The molecule has 0 aromatic rings. The number of carbonyl (C=O) groups is 1. The Kier molecular flexibility index (Phi) is 5.61. The lowest BCUT2D eigenvalue weighted by atomic mass is 10.0. The molecule has 1 N–H and O–H groups in total. The van der Waals surface area contributed by atoms with E-state index in [2.05, 4.69) is 28.2 Å². The zero-order valence-corrected chi connectivity index (χ0v) is 10.9. The Labute approximate surface area is 100 Å². The Morgan fingerprint density at radius 1 is 1.53 bits per heavy atom. The number of amides is 1. The van der Waals surface area contributed by atoms with E-state index in [9.17, 15) is 4.79 Å². The second-order valence-corrected chi connectivity index (χ2v) is 5.12. The molecule has 0 saturated carbocycles. The maximum atomic E-state index is 11.4. The van der Waals surface area contributed by atoms with Gasteiger partial charge in [-0.2, -0.15) is 0 Å². The van der Waals surface area contributed by atoms with E-state index in [1.165, 1.54) is 0 Å². The molecule has 1 atom stereocenters. The Balaban J connectivity index is 2.10. The van der Waals surface area contributed by atoms with Gasteiger partial charge in [-0.1, -0.05) is 15.9 Å². The van der Waals surface area contributed by atoms with Crippen molar-refractivity contribution in [3.63, 3.8) is 0 Å². The van der Waals surface area contributed by atoms with Crippen LogP contribution < -0.4 is 5.32 Å². The lowest BCUT2D eigenvalue weighted by Crippen LogP contribution is -2.40. The second-order valence-electron chi connectivity index (χ2n) is 4.32. The number of rotatable bonds is 6. The summed E-state index contributed by atoms with van der Waals surface area (Å²) in [6, 6.07) is 0. The molecule has 0 aromatic heterocycles. The third kappa shape index (κ3) is 4.98. The molecule has 15 heavy (non-hydrogen) atoms. The van der Waals surface area contributed by atoms with Crippen LogP contribution in [0.5, 0.6) is 0 Å². The monoisotopic (exact) mass is 277 g/mol. The first kappa shape index (κ1) is 13.0. The highest BCUT2D eigenvalue weighted by molar-refractivity contribution is 9.09. The molecule has 0 spiro atoms. The summed E-state index contributed by atoms with van der Waals surface area (Å²) >= 11 is 3.35. The number of hydrogen-bond donors (Lipinski definition) is 1. The van der Waals surface area contributed by atoms with Crippen molar-refractivity contribution < 1.29 is 9.53 Å². The SMILES string of the molecule is CC1(CNC(=O)CCCCBr)CCCO1. The summed E-state index contributed by atoms with van der Waals surface area (Å²) < 4.78 is 5.59. The average molecular weight is 278 g/mol. The van der Waals surface area contributed by atoms with Crippen LogP contribution in [0.2, 0.25) is 0 Å². The first-order valence-electron chi connectivity index (χ1n) is 5.63. The van der Waals surface area contributed by atoms with Gasteiger partial charge in [-0.25, -0.2) is 0 Å². The van der Waals surface area contributed by atoms with Crippen molar-refractivity contribution in [2.45, 2.75) is 44.6 Å². The molecule has 88 valence electrons. The number of alkyl halides is 1. The molecule has 1 heterocycles. The maximum Gasteiger partial charge on any atom is 0.220 e. The molecule has 0 aliphatic carbocycles. The normalized spacial score (nSPS) is 25.5. The fraction of sp³-hybridized carbons (Fsp3) is 0.909. The van der Waals surface area contributed by atoms with E-state index in [0.717, 1.165) is 37.6 Å². The van der Waals surface area contributed by atoms with E-state index in [0.29, 0.717) is 13.0 Å². The third-order valence-corrected chi connectivity index (χ3v) is 3.31. The van der Waals surface area contributed by atoms with Crippen LogP contribution in [0.3, 0.4) is 0 Å². The van der Waals surface area contributed by atoms with E-state index in [1.807, 2.05) is 0 Å². The Hall–Kier alpha value is -0.0900. The lowest BCUT2D eigenvalue weighted by Gasteiger charge is -2.23. The van der Waals surface area contributed by atoms with Gasteiger partial charge in [0.1, 0.15) is 0 Å². The van der Waals surface area contributed by atoms with Crippen LogP contribution in [-0.2, 0) is 9.53 Å². The van der Waals surface area contributed by atoms with Crippen molar-refractivity contribution in [1.29, 1.82) is 0 Å². The largest absolute Gasteiger partial charge is 0.373 e. The Morgan fingerprint density at radius 3 is 2.93 bits per heavy atom. The van der Waals surface area contributed by atoms with Crippen LogP contribution in [-0.4, -0.2) is 30.0 Å². The molecule has 1 aliphatic heterocycles. The lowest BCUT2D eigenvalue weighted by molar-refractivity contribution is -0.122. The molecule has 4 heteroatoms. The van der Waals surface area contributed by atoms with E-state index in [4.69, 9.17) is 4.74 Å². The smallest absolute Gasteiger partial charge is 0.220 e. The number of nitrogens with one attached hydrogen (secondary N) is 1. The molecular weight excluding hydrogens is 258 g/mol. The van der Waals surface area contributed by atoms with Crippen LogP contribution in [0, 0.1) is 0 Å². The molecule has 1 fully saturated rings. The highest BCUT2D eigenvalue weighted by Crippen LogP contribution is 2.23. The minimum absolute atomic E-state index is 0.120. The molecule has 1 amide bonds. The first-order chi connectivity index (χ1) is 7.16. The molecule has 0 radical (unpaired) electrons. The first-order valence-corrected chi connectivity index (χ1v) is 6.75. The summed E-state index contributed by atoms with van der Waals surface area (Å²) in [5.41, 5.74) is -0.120. The summed E-state index contributed by atoms with van der Waals surface area (Å²) in [6.07, 6.45) is 4.79. The molecule has 0 aromatic carbocycles. The van der Waals surface area contributed by atoms with Crippen molar-refractivity contribution >= 4 is 21.8 Å². The van der Waals surface area contributed by atoms with Crippen molar-refractivity contribution in [3.8, 4) is 0 Å². The average Bonchev–Trinajstić information content (AvgIpc) is 2.64. The number of ether oxygens (including phenoxy) is 1. The Bertz CT molecular complexity index is 203. The predicted molar refractivity (Wildman–Crippen MR) is 64.2 cm³/mol. The third-order valence-electron chi connectivity index (χ3n) is 2.75. The van der Waals surface area contributed by atoms with Gasteiger partial charge in [0.05, 0.1) is 5.60 Å². The summed E-state index contributed by atoms with van der Waals surface area (Å²) in [6.45, 7) is 3.55. The van der Waals surface area contributed by atoms with Gasteiger partial charge in [-0.15, -0.1) is 0 Å². The predicted octanol–water partition coefficient (Wildman–Crippen LogP) is 2.24. The molecule has 1 aliphatic rings. The number of halogens is 1. The van der Waals surface area contributed by atoms with Crippen LogP contribution in [0.15, 0.2) is 0 Å². The van der Waals surface area contributed by atoms with Crippen molar-refractivity contribution in [1.82, 2.24) is 5.32 Å². The number of carbonyl (C=O) groups excluding carboxylic acids is 1. The van der Waals surface area contributed by atoms with Gasteiger partial charge in [-0.05, 0) is 32.6 Å². The topological polar surface area (TPSA) is 38.3 Å². The molecular formula is C11H20BrNO2. The van der Waals surface area contributed by atoms with Gasteiger partial charge < -0.3 is 10.1 Å². The van der Waals surface area contributed by atoms with Crippen LogP contribution in [0.4, 0.5) is 0 Å². The minimum Gasteiger partial charge on any atom is -0.373 e. The summed E-state index contributed by atoms with van der Waals surface area (Å²) in [7, 11) is 0. The van der Waals surface area contributed by atoms with Crippen LogP contribution in [0.1, 0.15) is 39.0 Å². The van der Waals surface area contributed by atoms with E-state index >= 15 is 0 Å². The maximum absolute atomic E-state index is 11.4. The molecule has 1 rings (SSSR count).